The third kappa shape index (κ3) is 3.27. The van der Waals surface area contributed by atoms with Crippen LogP contribution in [0.4, 0.5) is 0 Å². The molecule has 0 spiro atoms. The highest BCUT2D eigenvalue weighted by Gasteiger charge is 2.46. The second-order valence-corrected chi connectivity index (χ2v) is 7.15. The summed E-state index contributed by atoms with van der Waals surface area (Å²) < 4.78 is 0. The maximum atomic E-state index is 12.8. The van der Waals surface area contributed by atoms with Crippen molar-refractivity contribution in [3.63, 3.8) is 0 Å². The van der Waals surface area contributed by atoms with Gasteiger partial charge in [-0.05, 0) is 55.5 Å². The number of aliphatic hydroxyl groups is 1. The van der Waals surface area contributed by atoms with Gasteiger partial charge in [-0.1, -0.05) is 43.3 Å². The Morgan fingerprint density at radius 1 is 1.00 bits per heavy atom. The summed E-state index contributed by atoms with van der Waals surface area (Å²) in [5.74, 6) is -1.27. The molecule has 2 aromatic carbocycles. The average Bonchev–Trinajstić information content (AvgIpc) is 2.89. The topological polar surface area (TPSA) is 57.6 Å². The minimum atomic E-state index is -0.618. The van der Waals surface area contributed by atoms with Gasteiger partial charge in [-0.15, -0.1) is 0 Å². The van der Waals surface area contributed by atoms with E-state index < -0.39 is 17.7 Å². The SMILES string of the molecule is CCCN1C(=O)C(=O)/C(=C(/O)c2ccc(C)c(C)c2)C1c1ccccc1C. The Balaban J connectivity index is 2.23. The highest BCUT2D eigenvalue weighted by atomic mass is 16.3. The number of amides is 1. The molecule has 0 aliphatic carbocycles. The van der Waals surface area contributed by atoms with Gasteiger partial charge in [0.15, 0.2) is 0 Å². The number of Topliss-reactive ketones (excluding diaryl/α,β-unsaturated/α-hetero) is 1. The second kappa shape index (κ2) is 7.39. The summed E-state index contributed by atoms with van der Waals surface area (Å²) in [4.78, 5) is 27.1. The van der Waals surface area contributed by atoms with E-state index in [1.54, 1.807) is 11.0 Å². The summed E-state index contributed by atoms with van der Waals surface area (Å²) in [7, 11) is 0. The summed E-state index contributed by atoms with van der Waals surface area (Å²) >= 11 is 0. The molecule has 2 aromatic rings. The summed E-state index contributed by atoms with van der Waals surface area (Å²) in [6.45, 7) is 8.34. The fourth-order valence-electron chi connectivity index (χ4n) is 3.61. The molecule has 1 N–H and O–H groups in total. The van der Waals surface area contributed by atoms with Crippen molar-refractivity contribution in [2.75, 3.05) is 6.54 Å². The normalized spacial score (nSPS) is 19.0. The Bertz CT molecular complexity index is 942. The number of hydrogen-bond donors (Lipinski definition) is 1. The minimum absolute atomic E-state index is 0.108. The molecular formula is C23H25NO3. The number of nitrogens with zero attached hydrogens (tertiary/aromatic N) is 1. The molecule has 1 unspecified atom stereocenters. The molecule has 0 radical (unpaired) electrons. The summed E-state index contributed by atoms with van der Waals surface area (Å²) in [5.41, 5.74) is 4.71. The zero-order valence-electron chi connectivity index (χ0n) is 16.2. The molecule has 1 amide bonds. The van der Waals surface area contributed by atoms with Crippen molar-refractivity contribution < 1.29 is 14.7 Å². The molecule has 1 heterocycles. The van der Waals surface area contributed by atoms with Gasteiger partial charge < -0.3 is 10.0 Å². The monoisotopic (exact) mass is 363 g/mol. The zero-order valence-corrected chi connectivity index (χ0v) is 16.2. The largest absolute Gasteiger partial charge is 0.507 e. The van der Waals surface area contributed by atoms with Gasteiger partial charge in [-0.25, -0.2) is 0 Å². The number of aryl methyl sites for hydroxylation is 3. The minimum Gasteiger partial charge on any atom is -0.507 e. The zero-order chi connectivity index (χ0) is 19.7. The Hall–Kier alpha value is -2.88. The van der Waals surface area contributed by atoms with Gasteiger partial charge in [-0.3, -0.25) is 9.59 Å². The predicted octanol–water partition coefficient (Wildman–Crippen LogP) is 4.44. The Morgan fingerprint density at radius 2 is 1.70 bits per heavy atom. The molecule has 4 heteroatoms. The first-order chi connectivity index (χ1) is 12.9. The number of carbonyl (C=O) groups excluding carboxylic acids is 2. The van der Waals surface area contributed by atoms with Crippen molar-refractivity contribution in [2.45, 2.75) is 40.2 Å². The van der Waals surface area contributed by atoms with Gasteiger partial charge in [0.1, 0.15) is 5.76 Å². The molecule has 1 saturated heterocycles. The quantitative estimate of drug-likeness (QED) is 0.496. The van der Waals surface area contributed by atoms with E-state index in [9.17, 15) is 14.7 Å². The molecule has 0 aromatic heterocycles. The Morgan fingerprint density at radius 3 is 2.33 bits per heavy atom. The first kappa shape index (κ1) is 18.9. The molecule has 27 heavy (non-hydrogen) atoms. The van der Waals surface area contributed by atoms with E-state index in [1.807, 2.05) is 64.1 Å². The van der Waals surface area contributed by atoms with Gasteiger partial charge in [0.05, 0.1) is 11.6 Å². The van der Waals surface area contributed by atoms with Crippen LogP contribution in [0.15, 0.2) is 48.0 Å². The second-order valence-electron chi connectivity index (χ2n) is 7.15. The number of likely N-dealkylation sites (tertiary alicyclic amines) is 1. The van der Waals surface area contributed by atoms with E-state index in [4.69, 9.17) is 0 Å². The van der Waals surface area contributed by atoms with E-state index >= 15 is 0 Å². The lowest BCUT2D eigenvalue weighted by atomic mass is 9.92. The Labute approximate surface area is 160 Å². The highest BCUT2D eigenvalue weighted by Crippen LogP contribution is 2.40. The van der Waals surface area contributed by atoms with E-state index in [2.05, 4.69) is 0 Å². The number of benzene rings is 2. The van der Waals surface area contributed by atoms with E-state index in [-0.39, 0.29) is 11.3 Å². The fraction of sp³-hybridized carbons (Fsp3) is 0.304. The molecule has 3 rings (SSSR count). The molecule has 0 saturated carbocycles. The summed E-state index contributed by atoms with van der Waals surface area (Å²) in [6.07, 6.45) is 0.735. The lowest BCUT2D eigenvalue weighted by molar-refractivity contribution is -0.139. The number of rotatable bonds is 4. The summed E-state index contributed by atoms with van der Waals surface area (Å²) in [6, 6.07) is 12.7. The van der Waals surface area contributed by atoms with Crippen molar-refractivity contribution in [1.29, 1.82) is 0 Å². The first-order valence-electron chi connectivity index (χ1n) is 9.28. The van der Waals surface area contributed by atoms with Crippen LogP contribution in [0, 0.1) is 20.8 Å². The molecule has 0 bridgehead atoms. The third-order valence-corrected chi connectivity index (χ3v) is 5.27. The number of aliphatic hydroxyl groups excluding tert-OH is 1. The van der Waals surface area contributed by atoms with Crippen molar-refractivity contribution in [2.24, 2.45) is 0 Å². The molecular weight excluding hydrogens is 338 g/mol. The molecule has 140 valence electrons. The lowest BCUT2D eigenvalue weighted by Gasteiger charge is -2.26. The van der Waals surface area contributed by atoms with Crippen LogP contribution >= 0.6 is 0 Å². The fourth-order valence-corrected chi connectivity index (χ4v) is 3.61. The van der Waals surface area contributed by atoms with Crippen LogP contribution in [-0.4, -0.2) is 28.2 Å². The van der Waals surface area contributed by atoms with E-state index in [0.29, 0.717) is 12.1 Å². The van der Waals surface area contributed by atoms with Gasteiger partial charge >= 0.3 is 0 Å². The Kier molecular flexibility index (Phi) is 5.17. The molecule has 1 fully saturated rings. The third-order valence-electron chi connectivity index (χ3n) is 5.27. The van der Waals surface area contributed by atoms with Gasteiger partial charge in [0.25, 0.3) is 11.7 Å². The van der Waals surface area contributed by atoms with Crippen LogP contribution in [0.1, 0.15) is 47.2 Å². The number of carbonyl (C=O) groups is 2. The van der Waals surface area contributed by atoms with Crippen LogP contribution in [0.25, 0.3) is 5.76 Å². The van der Waals surface area contributed by atoms with E-state index in [0.717, 1.165) is 28.7 Å². The first-order valence-corrected chi connectivity index (χ1v) is 9.28. The maximum absolute atomic E-state index is 12.8. The maximum Gasteiger partial charge on any atom is 0.295 e. The van der Waals surface area contributed by atoms with E-state index in [1.165, 1.54) is 0 Å². The lowest BCUT2D eigenvalue weighted by Crippen LogP contribution is -2.30. The van der Waals surface area contributed by atoms with Gasteiger partial charge in [0.2, 0.25) is 0 Å². The average molecular weight is 363 g/mol. The van der Waals surface area contributed by atoms with Crippen molar-refractivity contribution in [3.05, 3.63) is 75.9 Å². The predicted molar refractivity (Wildman–Crippen MR) is 106 cm³/mol. The smallest absolute Gasteiger partial charge is 0.295 e. The standard InChI is InChI=1S/C23H25NO3/c1-5-12-24-20(18-9-7-6-8-15(18)3)19(22(26)23(24)27)21(25)17-11-10-14(2)16(4)13-17/h6-11,13,20,25H,5,12H2,1-4H3/b21-19+. The highest BCUT2D eigenvalue weighted by molar-refractivity contribution is 6.46. The van der Waals surface area contributed by atoms with Crippen molar-refractivity contribution >= 4 is 17.4 Å². The molecule has 4 nitrogen and oxygen atoms in total. The number of hydrogen-bond acceptors (Lipinski definition) is 3. The van der Waals surface area contributed by atoms with Crippen LogP contribution in [-0.2, 0) is 9.59 Å². The van der Waals surface area contributed by atoms with Crippen molar-refractivity contribution in [1.82, 2.24) is 4.90 Å². The van der Waals surface area contributed by atoms with Crippen LogP contribution in [0.3, 0.4) is 0 Å². The van der Waals surface area contributed by atoms with Crippen LogP contribution in [0.2, 0.25) is 0 Å². The van der Waals surface area contributed by atoms with Gasteiger partial charge in [-0.2, -0.15) is 0 Å². The molecule has 1 aliphatic rings. The van der Waals surface area contributed by atoms with Crippen LogP contribution < -0.4 is 0 Å². The number of ketones is 1. The van der Waals surface area contributed by atoms with Crippen LogP contribution in [0.5, 0.6) is 0 Å². The summed E-state index contributed by atoms with van der Waals surface area (Å²) in [5, 5.41) is 11.0. The molecule has 1 aliphatic heterocycles. The van der Waals surface area contributed by atoms with Crippen molar-refractivity contribution in [3.8, 4) is 0 Å². The van der Waals surface area contributed by atoms with Gasteiger partial charge in [0, 0.05) is 12.1 Å². The molecule has 1 atom stereocenters.